The van der Waals surface area contributed by atoms with Crippen LogP contribution in [0.1, 0.15) is 0 Å². The molecule has 7 heavy (non-hydrogen) atoms. The van der Waals surface area contributed by atoms with Crippen molar-refractivity contribution in [3.8, 4) is 0 Å². The summed E-state index contributed by atoms with van der Waals surface area (Å²) in [6.07, 6.45) is 0. The van der Waals surface area contributed by atoms with Crippen molar-refractivity contribution in [1.82, 2.24) is 0 Å². The SMILES string of the molecule is [Ag+].[O-][Si]([O-])([O-])O.[Zn+2]. The van der Waals surface area contributed by atoms with Crippen LogP contribution in [-0.4, -0.2) is 13.8 Å². The van der Waals surface area contributed by atoms with Crippen molar-refractivity contribution in [1.29, 1.82) is 0 Å². The summed E-state index contributed by atoms with van der Waals surface area (Å²) in [5.41, 5.74) is 0. The number of rotatable bonds is 0. The molecule has 0 radical (unpaired) electrons. The van der Waals surface area contributed by atoms with Gasteiger partial charge in [-0.2, -0.15) is 0 Å². The zero-order valence-corrected chi connectivity index (χ0v) is 8.63. The predicted octanol–water partition coefficient (Wildman–Crippen LogP) is -4.51. The Morgan fingerprint density at radius 3 is 1.14 bits per heavy atom. The molecule has 0 aromatic rings. The van der Waals surface area contributed by atoms with Crippen molar-refractivity contribution in [3.63, 3.8) is 0 Å². The van der Waals surface area contributed by atoms with E-state index in [2.05, 4.69) is 0 Å². The topological polar surface area (TPSA) is 89.4 Å². The molecule has 7 heteroatoms. The van der Waals surface area contributed by atoms with Crippen LogP contribution < -0.4 is 14.4 Å². The maximum absolute atomic E-state index is 8.69. The Hall–Kier alpha value is 1.42. The molecule has 4 nitrogen and oxygen atoms in total. The Balaban J connectivity index is -0.0000000800. The largest absolute Gasteiger partial charge is 2.00 e. The van der Waals surface area contributed by atoms with Crippen LogP contribution in [0.15, 0.2) is 0 Å². The molecule has 42 valence electrons. The van der Waals surface area contributed by atoms with E-state index in [0.717, 1.165) is 0 Å². The van der Waals surface area contributed by atoms with Gasteiger partial charge in [0.2, 0.25) is 0 Å². The van der Waals surface area contributed by atoms with Crippen LogP contribution in [0.2, 0.25) is 0 Å². The maximum atomic E-state index is 8.69. The average molecular weight is 266 g/mol. The molecule has 0 amide bonds. The molecule has 0 rings (SSSR count). The normalized spacial score (nSPS) is 8.57. The Morgan fingerprint density at radius 2 is 1.14 bits per heavy atom. The van der Waals surface area contributed by atoms with Crippen molar-refractivity contribution in [2.45, 2.75) is 0 Å². The fraction of sp³-hybridized carbons (Fsp3) is 0. The zero-order valence-electron chi connectivity index (χ0n) is 3.18. The Morgan fingerprint density at radius 1 is 1.14 bits per heavy atom. The molecule has 0 bridgehead atoms. The van der Waals surface area contributed by atoms with Gasteiger partial charge >= 0.3 is 41.9 Å². The summed E-state index contributed by atoms with van der Waals surface area (Å²) >= 11 is 0. The Labute approximate surface area is 69.9 Å². The molecule has 0 aliphatic rings. The van der Waals surface area contributed by atoms with E-state index in [-0.39, 0.29) is 41.9 Å². The molecule has 0 aliphatic carbocycles. The summed E-state index contributed by atoms with van der Waals surface area (Å²) in [4.78, 5) is 33.1. The first-order valence-electron chi connectivity index (χ1n) is 0.836. The molecular weight excluding hydrogens is 265 g/mol. The molecule has 0 atom stereocenters. The van der Waals surface area contributed by atoms with Gasteiger partial charge in [0.15, 0.2) is 0 Å². The zero-order chi connectivity index (χ0) is 4.50. The summed E-state index contributed by atoms with van der Waals surface area (Å²) < 4.78 is 0. The van der Waals surface area contributed by atoms with E-state index in [4.69, 9.17) is 19.2 Å². The van der Waals surface area contributed by atoms with E-state index >= 15 is 0 Å². The fourth-order valence-corrected chi connectivity index (χ4v) is 0. The van der Waals surface area contributed by atoms with Crippen LogP contribution >= 0.6 is 0 Å². The predicted molar refractivity (Wildman–Crippen MR) is 7.97 cm³/mol. The van der Waals surface area contributed by atoms with Crippen molar-refractivity contribution in [2.75, 3.05) is 0 Å². The monoisotopic (exact) mass is 264 g/mol. The van der Waals surface area contributed by atoms with Crippen molar-refractivity contribution in [3.05, 3.63) is 0 Å². The van der Waals surface area contributed by atoms with Gasteiger partial charge in [0.05, 0.1) is 0 Å². The average Bonchev–Trinajstić information content (AvgIpc) is 0.722. The van der Waals surface area contributed by atoms with Gasteiger partial charge in [0.1, 0.15) is 0 Å². The Kier molecular flexibility index (Phi) is 12.5. The van der Waals surface area contributed by atoms with E-state index in [1.807, 2.05) is 0 Å². The van der Waals surface area contributed by atoms with Gasteiger partial charge in [-0.25, -0.2) is 0 Å². The standard InChI is InChI=1S/Ag.HO4Si.Zn/c;1-5(2,3)4;/h;1H;/q+1;-3;+2. The van der Waals surface area contributed by atoms with Gasteiger partial charge in [-0.05, 0) is 0 Å². The van der Waals surface area contributed by atoms with Crippen LogP contribution in [0.3, 0.4) is 0 Å². The van der Waals surface area contributed by atoms with Crippen LogP contribution in [0, 0.1) is 0 Å². The van der Waals surface area contributed by atoms with Crippen molar-refractivity contribution in [2.24, 2.45) is 0 Å². The fourth-order valence-electron chi connectivity index (χ4n) is 0. The molecule has 0 spiro atoms. The first-order chi connectivity index (χ1) is 2.00. The molecule has 0 saturated heterocycles. The third-order valence-electron chi connectivity index (χ3n) is 0. The first-order valence-corrected chi connectivity index (χ1v) is 2.51. The number of hydrogen-bond acceptors (Lipinski definition) is 4. The second kappa shape index (κ2) is 5.56. The van der Waals surface area contributed by atoms with Crippen molar-refractivity contribution >= 4 is 9.05 Å². The van der Waals surface area contributed by atoms with Crippen LogP contribution in [0.5, 0.6) is 0 Å². The molecule has 1 N–H and O–H groups in total. The van der Waals surface area contributed by atoms with E-state index in [1.54, 1.807) is 0 Å². The maximum Gasteiger partial charge on any atom is 2.00 e. The summed E-state index contributed by atoms with van der Waals surface area (Å²) in [5, 5.41) is 0. The third-order valence-corrected chi connectivity index (χ3v) is 0. The van der Waals surface area contributed by atoms with Gasteiger partial charge < -0.3 is 19.2 Å². The van der Waals surface area contributed by atoms with Crippen molar-refractivity contribution < 1.29 is 61.0 Å². The van der Waals surface area contributed by atoms with E-state index in [9.17, 15) is 0 Å². The minimum atomic E-state index is -5.36. The van der Waals surface area contributed by atoms with E-state index in [0.29, 0.717) is 0 Å². The second-order valence-corrected chi connectivity index (χ2v) is 1.57. The van der Waals surface area contributed by atoms with Gasteiger partial charge in [-0.15, -0.1) is 9.05 Å². The van der Waals surface area contributed by atoms with E-state index < -0.39 is 9.05 Å². The molecule has 0 fully saturated rings. The van der Waals surface area contributed by atoms with Crippen LogP contribution in [0.25, 0.3) is 0 Å². The quantitative estimate of drug-likeness (QED) is 0.447. The minimum absolute atomic E-state index is 0. The summed E-state index contributed by atoms with van der Waals surface area (Å²) in [6.45, 7) is 0. The van der Waals surface area contributed by atoms with Gasteiger partial charge in [-0.1, -0.05) is 0 Å². The first kappa shape index (κ1) is 15.8. The summed E-state index contributed by atoms with van der Waals surface area (Å²) in [6, 6.07) is 0. The number of hydrogen-bond donors (Lipinski definition) is 1. The van der Waals surface area contributed by atoms with Crippen LogP contribution in [-0.2, 0) is 41.9 Å². The molecule has 0 aromatic carbocycles. The Bertz CT molecular complexity index is 27.2. The molecule has 0 aromatic heterocycles. The summed E-state index contributed by atoms with van der Waals surface area (Å²) in [7, 11) is -5.36. The van der Waals surface area contributed by atoms with Crippen LogP contribution in [0.4, 0.5) is 0 Å². The molecular formula is HAgO4SiZn. The molecule has 0 aliphatic heterocycles. The van der Waals surface area contributed by atoms with Gasteiger partial charge in [0, 0.05) is 0 Å². The second-order valence-electron chi connectivity index (χ2n) is 0.524. The third kappa shape index (κ3) is 108. The molecule has 0 unspecified atom stereocenters. The molecule has 0 heterocycles. The van der Waals surface area contributed by atoms with Gasteiger partial charge in [-0.3, -0.25) is 0 Å². The molecule has 0 saturated carbocycles. The van der Waals surface area contributed by atoms with Gasteiger partial charge in [0.25, 0.3) is 0 Å². The smallest absolute Gasteiger partial charge is 0.861 e. The summed E-state index contributed by atoms with van der Waals surface area (Å²) in [5.74, 6) is 0. The van der Waals surface area contributed by atoms with E-state index in [1.165, 1.54) is 0 Å². The minimum Gasteiger partial charge on any atom is -0.861 e.